The predicted octanol–water partition coefficient (Wildman–Crippen LogP) is 6.64. The van der Waals surface area contributed by atoms with Crippen molar-refractivity contribution in [1.82, 2.24) is 4.90 Å². The van der Waals surface area contributed by atoms with Crippen LogP contribution in [-0.2, 0) is 0 Å². The Hall–Kier alpha value is -2.51. The minimum absolute atomic E-state index is 0.342. The number of benzene rings is 1. The van der Waals surface area contributed by atoms with E-state index in [1.54, 1.807) is 18.2 Å². The first-order valence-electron chi connectivity index (χ1n) is 8.17. The Labute approximate surface area is 161 Å². The van der Waals surface area contributed by atoms with Crippen LogP contribution in [0.25, 0.3) is 5.57 Å². The molecule has 1 nitrogen and oxygen atoms in total. The molecule has 0 saturated carbocycles. The molecule has 1 aromatic rings. The highest BCUT2D eigenvalue weighted by Gasteiger charge is 2.21. The molecule has 0 aromatic heterocycles. The zero-order valence-corrected chi connectivity index (χ0v) is 15.2. The first-order chi connectivity index (χ1) is 12.6. The molecule has 0 fully saturated rings. The molecule has 26 heavy (non-hydrogen) atoms. The molecule has 0 bridgehead atoms. The van der Waals surface area contributed by atoms with Gasteiger partial charge in [-0.15, -0.1) is 5.73 Å². The van der Waals surface area contributed by atoms with E-state index in [9.17, 15) is 4.39 Å². The zero-order chi connectivity index (χ0) is 18.1. The minimum Gasteiger partial charge on any atom is -0.324 e. The van der Waals surface area contributed by atoms with Gasteiger partial charge in [0.2, 0.25) is 0 Å². The largest absolute Gasteiger partial charge is 0.324 e. The van der Waals surface area contributed by atoms with Crippen LogP contribution in [-0.4, -0.2) is 4.90 Å². The molecule has 1 aliphatic carbocycles. The molecule has 4 rings (SSSR count). The number of nitrogens with zero attached hydrogens (tertiary/aromatic N) is 1. The highest BCUT2D eigenvalue weighted by atomic mass is 35.5. The fourth-order valence-corrected chi connectivity index (χ4v) is 3.51. The lowest BCUT2D eigenvalue weighted by atomic mass is 9.92. The van der Waals surface area contributed by atoms with Gasteiger partial charge in [-0.2, -0.15) is 0 Å². The Morgan fingerprint density at radius 2 is 2.04 bits per heavy atom. The van der Waals surface area contributed by atoms with E-state index in [-0.39, 0.29) is 5.82 Å². The first-order valence-corrected chi connectivity index (χ1v) is 8.93. The molecular weight excluding hydrogens is 368 g/mol. The summed E-state index contributed by atoms with van der Waals surface area (Å²) < 4.78 is 14.5. The first kappa shape index (κ1) is 16.9. The predicted molar refractivity (Wildman–Crippen MR) is 106 cm³/mol. The lowest BCUT2D eigenvalue weighted by Crippen LogP contribution is -2.16. The third-order valence-corrected chi connectivity index (χ3v) is 4.86. The Bertz CT molecular complexity index is 1030. The molecule has 2 aliphatic heterocycles. The Kier molecular flexibility index (Phi) is 4.57. The highest BCUT2D eigenvalue weighted by molar-refractivity contribution is 6.33. The normalized spacial score (nSPS) is 18.4. The molecule has 0 N–H and O–H groups in total. The van der Waals surface area contributed by atoms with Crippen molar-refractivity contribution in [3.8, 4) is 0 Å². The summed E-state index contributed by atoms with van der Waals surface area (Å²) in [7, 11) is 0. The highest BCUT2D eigenvalue weighted by Crippen LogP contribution is 2.38. The van der Waals surface area contributed by atoms with E-state index >= 15 is 0 Å². The minimum atomic E-state index is -0.342. The average molecular weight is 382 g/mol. The van der Waals surface area contributed by atoms with E-state index in [0.717, 1.165) is 23.3 Å². The average Bonchev–Trinajstić information content (AvgIpc) is 2.89. The molecular formula is C22H14Cl2FN. The number of allylic oxidation sites excluding steroid dienone is 10. The molecule has 3 aliphatic rings. The maximum Gasteiger partial charge on any atom is 0.131 e. The Morgan fingerprint density at radius 1 is 1.15 bits per heavy atom. The molecule has 0 radical (unpaired) electrons. The molecule has 4 heteroatoms. The summed E-state index contributed by atoms with van der Waals surface area (Å²) in [5.74, 6) is -0.342. The van der Waals surface area contributed by atoms with Crippen molar-refractivity contribution in [1.29, 1.82) is 0 Å². The molecule has 0 atom stereocenters. The molecule has 0 saturated heterocycles. The molecule has 0 spiro atoms. The molecule has 128 valence electrons. The second-order valence-electron chi connectivity index (χ2n) is 5.98. The quantitative estimate of drug-likeness (QED) is 0.519. The SMILES string of the molecule is Fc1ccc(Cl)cc1C1=C(C2=CN3C=CCC=C3C=C2Cl)C=CC=C=C1. The number of hydrogen-bond donors (Lipinski definition) is 0. The van der Waals surface area contributed by atoms with Crippen molar-refractivity contribution < 1.29 is 4.39 Å². The monoisotopic (exact) mass is 381 g/mol. The summed E-state index contributed by atoms with van der Waals surface area (Å²) in [5.41, 5.74) is 6.81. The van der Waals surface area contributed by atoms with Gasteiger partial charge in [-0.05, 0) is 48.4 Å². The number of rotatable bonds is 2. The second-order valence-corrected chi connectivity index (χ2v) is 6.82. The van der Waals surface area contributed by atoms with Crippen molar-refractivity contribution in [2.75, 3.05) is 0 Å². The van der Waals surface area contributed by atoms with Gasteiger partial charge in [0.05, 0.1) is 5.03 Å². The number of halogens is 3. The lowest BCUT2D eigenvalue weighted by molar-refractivity contribution is 0.622. The van der Waals surface area contributed by atoms with Crippen LogP contribution < -0.4 is 0 Å². The van der Waals surface area contributed by atoms with E-state index < -0.39 is 0 Å². The maximum absolute atomic E-state index is 14.5. The van der Waals surface area contributed by atoms with Gasteiger partial charge in [-0.25, -0.2) is 4.39 Å². The van der Waals surface area contributed by atoms with Crippen LogP contribution in [0.4, 0.5) is 4.39 Å². The van der Waals surface area contributed by atoms with Crippen LogP contribution in [0.1, 0.15) is 12.0 Å². The van der Waals surface area contributed by atoms with Crippen LogP contribution in [0.3, 0.4) is 0 Å². The van der Waals surface area contributed by atoms with Crippen LogP contribution in [0.5, 0.6) is 0 Å². The lowest BCUT2D eigenvalue weighted by Gasteiger charge is -2.27. The fourth-order valence-electron chi connectivity index (χ4n) is 3.07. The van der Waals surface area contributed by atoms with Crippen molar-refractivity contribution >= 4 is 28.8 Å². The molecule has 2 heterocycles. The standard InChI is InChI=1S/C22H14Cl2FN/c23-15-9-10-22(25)19(12-15)17-7-2-1-3-8-18(17)20-14-26-11-5-4-6-16(26)13-21(20)24/h1,3,5-14H,4H2. The molecule has 1 aromatic carbocycles. The summed E-state index contributed by atoms with van der Waals surface area (Å²) in [4.78, 5) is 2.01. The molecule has 0 unspecified atom stereocenters. The summed E-state index contributed by atoms with van der Waals surface area (Å²) in [5, 5.41) is 1.08. The Balaban J connectivity index is 1.92. The van der Waals surface area contributed by atoms with E-state index in [1.807, 2.05) is 35.5 Å². The van der Waals surface area contributed by atoms with Crippen LogP contribution in [0.2, 0.25) is 5.02 Å². The van der Waals surface area contributed by atoms with E-state index in [1.165, 1.54) is 12.1 Å². The van der Waals surface area contributed by atoms with E-state index in [4.69, 9.17) is 23.2 Å². The van der Waals surface area contributed by atoms with Crippen LogP contribution in [0, 0.1) is 5.82 Å². The summed E-state index contributed by atoms with van der Waals surface area (Å²) >= 11 is 12.7. The van der Waals surface area contributed by atoms with Gasteiger partial charge in [-0.3, -0.25) is 0 Å². The van der Waals surface area contributed by atoms with Gasteiger partial charge >= 0.3 is 0 Å². The third kappa shape index (κ3) is 3.15. The molecule has 0 amide bonds. The van der Waals surface area contributed by atoms with Crippen LogP contribution in [0.15, 0.2) is 101 Å². The van der Waals surface area contributed by atoms with E-state index in [2.05, 4.69) is 17.9 Å². The summed E-state index contributed by atoms with van der Waals surface area (Å²) in [6.45, 7) is 0. The Morgan fingerprint density at radius 3 is 2.92 bits per heavy atom. The second kappa shape index (κ2) is 7.01. The summed E-state index contributed by atoms with van der Waals surface area (Å²) in [6.07, 6.45) is 18.3. The maximum atomic E-state index is 14.5. The van der Waals surface area contributed by atoms with Gasteiger partial charge < -0.3 is 4.90 Å². The van der Waals surface area contributed by atoms with Gasteiger partial charge in [0, 0.05) is 39.8 Å². The number of hydrogen-bond acceptors (Lipinski definition) is 1. The zero-order valence-electron chi connectivity index (χ0n) is 13.7. The van der Waals surface area contributed by atoms with Gasteiger partial charge in [-0.1, -0.05) is 47.5 Å². The fraction of sp³-hybridized carbons (Fsp3) is 0.0455. The van der Waals surface area contributed by atoms with Gasteiger partial charge in [0.25, 0.3) is 0 Å². The van der Waals surface area contributed by atoms with Crippen molar-refractivity contribution in [2.24, 2.45) is 0 Å². The summed E-state index contributed by atoms with van der Waals surface area (Å²) in [6, 6.07) is 4.53. The third-order valence-electron chi connectivity index (χ3n) is 4.31. The number of fused-ring (bicyclic) bond motifs is 1. The topological polar surface area (TPSA) is 3.24 Å². The van der Waals surface area contributed by atoms with Crippen molar-refractivity contribution in [3.05, 3.63) is 117 Å². The van der Waals surface area contributed by atoms with Gasteiger partial charge in [0.1, 0.15) is 5.82 Å². The van der Waals surface area contributed by atoms with Gasteiger partial charge in [0.15, 0.2) is 0 Å². The van der Waals surface area contributed by atoms with Crippen LogP contribution >= 0.6 is 23.2 Å². The van der Waals surface area contributed by atoms with E-state index in [0.29, 0.717) is 21.2 Å². The smallest absolute Gasteiger partial charge is 0.131 e. The van der Waals surface area contributed by atoms with Crippen molar-refractivity contribution in [2.45, 2.75) is 6.42 Å². The van der Waals surface area contributed by atoms with Crippen molar-refractivity contribution in [3.63, 3.8) is 0 Å².